The van der Waals surface area contributed by atoms with E-state index in [0.717, 1.165) is 23.4 Å². The van der Waals surface area contributed by atoms with Gasteiger partial charge in [0.25, 0.3) is 0 Å². The van der Waals surface area contributed by atoms with Crippen molar-refractivity contribution in [3.8, 4) is 6.01 Å². The van der Waals surface area contributed by atoms with Gasteiger partial charge in [-0.2, -0.15) is 0 Å². The standard InChI is InChI=1S/C19H21N3O3S/c1-14-6-8-20-18(21-14)25-15-7-9-24-19(11-15)12-22(13-19)17(23)5-4-16-3-2-10-26-16/h2-6,8,10,15H,7,9,11-13H2,1H3/b5-4+/t15-/m0/s1. The van der Waals surface area contributed by atoms with Crippen LogP contribution in [0.15, 0.2) is 35.9 Å². The molecular formula is C19H21N3O3S. The number of thiophene rings is 1. The first-order chi connectivity index (χ1) is 12.6. The highest BCUT2D eigenvalue weighted by Crippen LogP contribution is 2.35. The minimum absolute atomic E-state index is 0.0180. The van der Waals surface area contributed by atoms with E-state index >= 15 is 0 Å². The van der Waals surface area contributed by atoms with Gasteiger partial charge in [-0.15, -0.1) is 11.3 Å². The van der Waals surface area contributed by atoms with Crippen LogP contribution in [0.5, 0.6) is 6.01 Å². The Morgan fingerprint density at radius 2 is 2.35 bits per heavy atom. The van der Waals surface area contributed by atoms with Crippen LogP contribution in [0, 0.1) is 6.92 Å². The van der Waals surface area contributed by atoms with E-state index in [1.807, 2.05) is 41.5 Å². The van der Waals surface area contributed by atoms with Gasteiger partial charge in [-0.25, -0.2) is 9.97 Å². The smallest absolute Gasteiger partial charge is 0.316 e. The highest BCUT2D eigenvalue weighted by molar-refractivity contribution is 7.10. The Hall–Kier alpha value is -2.25. The average Bonchev–Trinajstić information content (AvgIpc) is 3.11. The van der Waals surface area contributed by atoms with Crippen molar-refractivity contribution in [3.63, 3.8) is 0 Å². The predicted molar refractivity (Wildman–Crippen MR) is 99.0 cm³/mol. The number of amides is 1. The second-order valence-electron chi connectivity index (χ2n) is 6.79. The van der Waals surface area contributed by atoms with Gasteiger partial charge in [0, 0.05) is 35.7 Å². The molecule has 0 aliphatic carbocycles. The van der Waals surface area contributed by atoms with Gasteiger partial charge in [-0.05, 0) is 30.5 Å². The van der Waals surface area contributed by atoms with Crippen molar-refractivity contribution in [2.45, 2.75) is 31.5 Å². The number of carbonyl (C=O) groups is 1. The summed E-state index contributed by atoms with van der Waals surface area (Å²) in [5.41, 5.74) is 0.592. The van der Waals surface area contributed by atoms with Crippen molar-refractivity contribution >= 4 is 23.3 Å². The molecule has 2 aromatic heterocycles. The average molecular weight is 371 g/mol. The summed E-state index contributed by atoms with van der Waals surface area (Å²) in [6.07, 6.45) is 6.78. The fourth-order valence-electron chi connectivity index (χ4n) is 3.39. The Bertz CT molecular complexity index is 800. The van der Waals surface area contributed by atoms with Crippen molar-refractivity contribution < 1.29 is 14.3 Å². The Morgan fingerprint density at radius 1 is 1.46 bits per heavy atom. The van der Waals surface area contributed by atoms with E-state index < -0.39 is 0 Å². The van der Waals surface area contributed by atoms with Gasteiger partial charge in [-0.3, -0.25) is 4.79 Å². The molecule has 0 radical (unpaired) electrons. The molecule has 7 heteroatoms. The summed E-state index contributed by atoms with van der Waals surface area (Å²) < 4.78 is 11.9. The van der Waals surface area contributed by atoms with Crippen molar-refractivity contribution in [2.24, 2.45) is 0 Å². The molecule has 136 valence electrons. The summed E-state index contributed by atoms with van der Waals surface area (Å²) in [6, 6.07) is 6.22. The van der Waals surface area contributed by atoms with Crippen LogP contribution in [0.3, 0.4) is 0 Å². The Morgan fingerprint density at radius 3 is 3.12 bits per heavy atom. The Kier molecular flexibility index (Phi) is 4.74. The molecule has 1 amide bonds. The molecule has 1 atom stereocenters. The third kappa shape index (κ3) is 3.78. The fourth-order valence-corrected chi connectivity index (χ4v) is 4.00. The van der Waals surface area contributed by atoms with Crippen LogP contribution in [-0.2, 0) is 9.53 Å². The highest BCUT2D eigenvalue weighted by Gasteiger charge is 2.49. The second kappa shape index (κ2) is 7.17. The summed E-state index contributed by atoms with van der Waals surface area (Å²) in [5, 5.41) is 2.00. The zero-order chi connectivity index (χ0) is 18.0. The lowest BCUT2D eigenvalue weighted by Crippen LogP contribution is -2.67. The summed E-state index contributed by atoms with van der Waals surface area (Å²) >= 11 is 1.62. The fraction of sp³-hybridized carbons (Fsp3) is 0.421. The molecule has 2 aromatic rings. The number of carbonyl (C=O) groups excluding carboxylic acids is 1. The molecule has 0 saturated carbocycles. The van der Waals surface area contributed by atoms with Gasteiger partial charge >= 0.3 is 6.01 Å². The van der Waals surface area contributed by atoms with E-state index in [9.17, 15) is 4.79 Å². The van der Waals surface area contributed by atoms with E-state index in [0.29, 0.717) is 25.7 Å². The number of nitrogens with zero attached hydrogens (tertiary/aromatic N) is 3. The summed E-state index contributed by atoms with van der Waals surface area (Å²) in [4.78, 5) is 23.7. The Balaban J connectivity index is 1.32. The molecule has 2 aliphatic rings. The van der Waals surface area contributed by atoms with Gasteiger partial charge in [0.15, 0.2) is 0 Å². The SMILES string of the molecule is Cc1ccnc(O[C@H]2CCOC3(C2)CN(C(=O)/C=C/c2cccs2)C3)n1. The van der Waals surface area contributed by atoms with Gasteiger partial charge in [0.1, 0.15) is 11.7 Å². The molecule has 0 aromatic carbocycles. The van der Waals surface area contributed by atoms with Crippen molar-refractivity contribution in [1.29, 1.82) is 0 Å². The zero-order valence-electron chi connectivity index (χ0n) is 14.6. The second-order valence-corrected chi connectivity index (χ2v) is 7.77. The van der Waals surface area contributed by atoms with Crippen LogP contribution in [0.1, 0.15) is 23.4 Å². The van der Waals surface area contributed by atoms with Gasteiger partial charge in [-0.1, -0.05) is 6.07 Å². The molecule has 0 unspecified atom stereocenters. The summed E-state index contributed by atoms with van der Waals surface area (Å²) in [7, 11) is 0. The molecule has 0 bridgehead atoms. The minimum Gasteiger partial charge on any atom is -0.460 e. The van der Waals surface area contributed by atoms with E-state index in [2.05, 4.69) is 9.97 Å². The van der Waals surface area contributed by atoms with Crippen LogP contribution in [0.25, 0.3) is 6.08 Å². The van der Waals surface area contributed by atoms with Crippen LogP contribution >= 0.6 is 11.3 Å². The zero-order valence-corrected chi connectivity index (χ0v) is 15.4. The molecule has 1 spiro atoms. The molecule has 2 fully saturated rings. The van der Waals surface area contributed by atoms with Crippen molar-refractivity contribution in [3.05, 3.63) is 46.4 Å². The number of aromatic nitrogens is 2. The number of ether oxygens (including phenoxy) is 2. The first kappa shape index (κ1) is 17.2. The molecular weight excluding hydrogens is 350 g/mol. The third-order valence-electron chi connectivity index (χ3n) is 4.70. The van der Waals surface area contributed by atoms with E-state index in [4.69, 9.17) is 9.47 Å². The lowest BCUT2D eigenvalue weighted by atomic mass is 9.84. The summed E-state index contributed by atoms with van der Waals surface area (Å²) in [6.45, 7) is 3.76. The van der Waals surface area contributed by atoms with Crippen molar-refractivity contribution in [1.82, 2.24) is 14.9 Å². The maximum atomic E-state index is 12.3. The maximum Gasteiger partial charge on any atom is 0.316 e. The van der Waals surface area contributed by atoms with Gasteiger partial charge in [0.2, 0.25) is 5.91 Å². The molecule has 0 N–H and O–H groups in total. The minimum atomic E-state index is -0.292. The molecule has 2 saturated heterocycles. The summed E-state index contributed by atoms with van der Waals surface area (Å²) in [5.74, 6) is 0.0256. The molecule has 26 heavy (non-hydrogen) atoms. The first-order valence-electron chi connectivity index (χ1n) is 8.73. The Labute approximate surface area is 156 Å². The largest absolute Gasteiger partial charge is 0.460 e. The normalized spacial score (nSPS) is 21.7. The lowest BCUT2D eigenvalue weighted by Gasteiger charge is -2.52. The van der Waals surface area contributed by atoms with Crippen LogP contribution in [0.4, 0.5) is 0 Å². The quantitative estimate of drug-likeness (QED) is 0.773. The van der Waals surface area contributed by atoms with E-state index in [-0.39, 0.29) is 17.6 Å². The first-order valence-corrected chi connectivity index (χ1v) is 9.61. The number of rotatable bonds is 4. The van der Waals surface area contributed by atoms with Gasteiger partial charge in [0.05, 0.1) is 19.7 Å². The van der Waals surface area contributed by atoms with Crippen LogP contribution < -0.4 is 4.74 Å². The molecule has 2 aliphatic heterocycles. The topological polar surface area (TPSA) is 64.6 Å². The van der Waals surface area contributed by atoms with Gasteiger partial charge < -0.3 is 14.4 Å². The number of likely N-dealkylation sites (tertiary alicyclic amines) is 1. The predicted octanol–water partition coefficient (Wildman–Crippen LogP) is 2.70. The van der Waals surface area contributed by atoms with E-state index in [1.54, 1.807) is 23.6 Å². The number of hydrogen-bond acceptors (Lipinski definition) is 6. The number of hydrogen-bond donors (Lipinski definition) is 0. The van der Waals surface area contributed by atoms with E-state index in [1.165, 1.54) is 0 Å². The highest BCUT2D eigenvalue weighted by atomic mass is 32.1. The molecule has 4 heterocycles. The van der Waals surface area contributed by atoms with Crippen LogP contribution in [0.2, 0.25) is 0 Å². The van der Waals surface area contributed by atoms with Crippen LogP contribution in [-0.4, -0.2) is 52.2 Å². The van der Waals surface area contributed by atoms with Crippen molar-refractivity contribution in [2.75, 3.05) is 19.7 Å². The lowest BCUT2D eigenvalue weighted by molar-refractivity contribution is -0.190. The monoisotopic (exact) mass is 371 g/mol. The number of aryl methyl sites for hydroxylation is 1. The maximum absolute atomic E-state index is 12.3. The molecule has 6 nitrogen and oxygen atoms in total. The molecule has 4 rings (SSSR count). The third-order valence-corrected chi connectivity index (χ3v) is 5.53.